The summed E-state index contributed by atoms with van der Waals surface area (Å²) in [6.45, 7) is -0.148. The van der Waals surface area contributed by atoms with Crippen LogP contribution < -0.4 is 30.2 Å². The van der Waals surface area contributed by atoms with Gasteiger partial charge in [-0.2, -0.15) is 5.26 Å². The molecule has 0 unspecified atom stereocenters. The lowest BCUT2D eigenvalue weighted by Gasteiger charge is -2.17. The van der Waals surface area contributed by atoms with Crippen molar-refractivity contribution >= 4 is 41.0 Å². The van der Waals surface area contributed by atoms with Crippen LogP contribution in [0.1, 0.15) is 22.3 Å². The maximum atomic E-state index is 13.6. The SMILES string of the molecule is COCOc1cc(Cl)ccc1-c1cc(-c2cccc(NC(=O)CCNC(=O)O)c2)c(C#N)c(NC(=O)c2ccc(OC)cc2OC)n1. The van der Waals surface area contributed by atoms with Crippen molar-refractivity contribution in [2.75, 3.05) is 45.3 Å². The Morgan fingerprint density at radius 1 is 0.936 bits per heavy atom. The molecule has 14 heteroatoms. The molecule has 242 valence electrons. The van der Waals surface area contributed by atoms with Crippen LogP contribution in [0.3, 0.4) is 0 Å². The number of nitriles is 1. The van der Waals surface area contributed by atoms with Crippen molar-refractivity contribution < 1.29 is 38.4 Å². The molecule has 0 saturated carbocycles. The Labute approximate surface area is 275 Å². The van der Waals surface area contributed by atoms with Gasteiger partial charge in [-0.3, -0.25) is 9.59 Å². The number of carboxylic acid groups (broad SMARTS) is 1. The Morgan fingerprint density at radius 2 is 1.74 bits per heavy atom. The van der Waals surface area contributed by atoms with Crippen LogP contribution >= 0.6 is 11.6 Å². The molecule has 0 saturated heterocycles. The van der Waals surface area contributed by atoms with E-state index in [4.69, 9.17) is 35.7 Å². The Hall–Kier alpha value is -5.84. The van der Waals surface area contributed by atoms with E-state index in [0.29, 0.717) is 44.6 Å². The Balaban J connectivity index is 1.83. The average Bonchev–Trinajstić information content (AvgIpc) is 3.06. The molecular weight excluding hydrogens is 630 g/mol. The number of nitrogens with zero attached hydrogens (tertiary/aromatic N) is 2. The molecule has 0 aliphatic carbocycles. The van der Waals surface area contributed by atoms with Crippen molar-refractivity contribution in [3.05, 3.63) is 82.9 Å². The van der Waals surface area contributed by atoms with Gasteiger partial charge in [0.15, 0.2) is 12.6 Å². The molecule has 3 aromatic carbocycles. The summed E-state index contributed by atoms with van der Waals surface area (Å²) in [5.41, 5.74) is 2.32. The molecule has 1 aromatic heterocycles. The van der Waals surface area contributed by atoms with Crippen LogP contribution in [0.4, 0.5) is 16.3 Å². The number of amides is 3. The van der Waals surface area contributed by atoms with E-state index >= 15 is 0 Å². The average molecular weight is 660 g/mol. The van der Waals surface area contributed by atoms with Crippen LogP contribution in [0.15, 0.2) is 66.7 Å². The predicted octanol–water partition coefficient (Wildman–Crippen LogP) is 5.79. The third-order valence-corrected chi connectivity index (χ3v) is 6.89. The number of pyridine rings is 1. The lowest BCUT2D eigenvalue weighted by molar-refractivity contribution is -0.116. The van der Waals surface area contributed by atoms with Gasteiger partial charge in [0.2, 0.25) is 5.91 Å². The molecule has 0 aliphatic heterocycles. The summed E-state index contributed by atoms with van der Waals surface area (Å²) >= 11 is 6.25. The van der Waals surface area contributed by atoms with Crippen molar-refractivity contribution in [1.82, 2.24) is 10.3 Å². The number of anilines is 2. The summed E-state index contributed by atoms with van der Waals surface area (Å²) < 4.78 is 21.5. The predicted molar refractivity (Wildman–Crippen MR) is 174 cm³/mol. The molecule has 0 aliphatic rings. The van der Waals surface area contributed by atoms with Gasteiger partial charge < -0.3 is 40.0 Å². The van der Waals surface area contributed by atoms with E-state index in [1.165, 1.54) is 27.4 Å². The van der Waals surface area contributed by atoms with E-state index in [9.17, 15) is 19.6 Å². The Kier molecular flexibility index (Phi) is 11.5. The lowest BCUT2D eigenvalue weighted by Crippen LogP contribution is -2.25. The summed E-state index contributed by atoms with van der Waals surface area (Å²) in [4.78, 5) is 41.4. The molecular formula is C33H30ClN5O8. The number of ether oxygens (including phenoxy) is 4. The number of rotatable bonds is 13. The molecule has 3 amide bonds. The number of benzene rings is 3. The van der Waals surface area contributed by atoms with E-state index < -0.39 is 17.9 Å². The number of hydrogen-bond acceptors (Lipinski definition) is 9. The second-order valence-electron chi connectivity index (χ2n) is 9.71. The van der Waals surface area contributed by atoms with Crippen LogP contribution in [0.5, 0.6) is 17.2 Å². The van der Waals surface area contributed by atoms with Gasteiger partial charge in [0.25, 0.3) is 5.91 Å². The molecule has 47 heavy (non-hydrogen) atoms. The minimum Gasteiger partial charge on any atom is -0.497 e. The molecule has 0 fully saturated rings. The molecule has 13 nitrogen and oxygen atoms in total. The molecule has 4 N–H and O–H groups in total. The standard InChI is InChI=1S/C33H30ClN5O8/c1-44-18-47-29-14-20(34)7-9-23(29)27-16-25(19-5-4-6-21(13-19)37-30(40)11-12-36-33(42)43)26(17-35)31(38-27)39-32(41)24-10-8-22(45-2)15-28(24)46-3/h4-10,13-16,36H,11-12,18H2,1-3H3,(H,37,40)(H,42,43)(H,38,39,41). The summed E-state index contributed by atoms with van der Waals surface area (Å²) in [5, 5.41) is 27.2. The molecule has 4 rings (SSSR count). The minimum atomic E-state index is -1.23. The smallest absolute Gasteiger partial charge is 0.404 e. The number of nitrogens with one attached hydrogen (secondary N) is 3. The van der Waals surface area contributed by atoms with Gasteiger partial charge >= 0.3 is 6.09 Å². The number of aromatic nitrogens is 1. The highest BCUT2D eigenvalue weighted by molar-refractivity contribution is 6.30. The first-order chi connectivity index (χ1) is 22.7. The first-order valence-corrected chi connectivity index (χ1v) is 14.3. The van der Waals surface area contributed by atoms with Gasteiger partial charge in [-0.1, -0.05) is 23.7 Å². The second kappa shape index (κ2) is 15.9. The van der Waals surface area contributed by atoms with Crippen LogP contribution in [0.2, 0.25) is 5.02 Å². The second-order valence-corrected chi connectivity index (χ2v) is 10.1. The zero-order chi connectivity index (χ0) is 33.9. The zero-order valence-corrected chi connectivity index (χ0v) is 26.3. The summed E-state index contributed by atoms with van der Waals surface area (Å²) in [7, 11) is 4.38. The van der Waals surface area contributed by atoms with Gasteiger partial charge in [-0.05, 0) is 54.1 Å². The topological polar surface area (TPSA) is 181 Å². The van der Waals surface area contributed by atoms with E-state index in [-0.39, 0.29) is 42.5 Å². The first-order valence-electron chi connectivity index (χ1n) is 13.9. The highest BCUT2D eigenvalue weighted by Crippen LogP contribution is 2.38. The lowest BCUT2D eigenvalue weighted by atomic mass is 9.97. The van der Waals surface area contributed by atoms with E-state index in [0.717, 1.165) is 0 Å². The van der Waals surface area contributed by atoms with Gasteiger partial charge in [0.05, 0.1) is 25.5 Å². The maximum Gasteiger partial charge on any atom is 0.404 e. The van der Waals surface area contributed by atoms with Gasteiger partial charge in [0.1, 0.15) is 28.9 Å². The third-order valence-electron chi connectivity index (χ3n) is 6.65. The van der Waals surface area contributed by atoms with Crippen molar-refractivity contribution in [3.8, 4) is 45.7 Å². The fourth-order valence-electron chi connectivity index (χ4n) is 4.50. The largest absolute Gasteiger partial charge is 0.497 e. The van der Waals surface area contributed by atoms with Crippen LogP contribution in [-0.2, 0) is 9.53 Å². The van der Waals surface area contributed by atoms with Crippen molar-refractivity contribution in [2.45, 2.75) is 6.42 Å². The minimum absolute atomic E-state index is 0.0389. The van der Waals surface area contributed by atoms with Crippen molar-refractivity contribution in [2.24, 2.45) is 0 Å². The van der Waals surface area contributed by atoms with Crippen LogP contribution in [0, 0.1) is 11.3 Å². The molecule has 0 bridgehead atoms. The van der Waals surface area contributed by atoms with Crippen molar-refractivity contribution in [1.29, 1.82) is 5.26 Å². The fourth-order valence-corrected chi connectivity index (χ4v) is 4.66. The molecule has 1 heterocycles. The number of hydrogen-bond donors (Lipinski definition) is 4. The normalized spacial score (nSPS) is 10.4. The fraction of sp³-hybridized carbons (Fsp3) is 0.182. The molecule has 0 spiro atoms. The quantitative estimate of drug-likeness (QED) is 0.128. The molecule has 4 aromatic rings. The van der Waals surface area contributed by atoms with Crippen molar-refractivity contribution in [3.63, 3.8) is 0 Å². The van der Waals surface area contributed by atoms with Gasteiger partial charge in [-0.25, -0.2) is 9.78 Å². The molecule has 0 radical (unpaired) electrons. The monoisotopic (exact) mass is 659 g/mol. The highest BCUT2D eigenvalue weighted by Gasteiger charge is 2.22. The number of carbonyl (C=O) groups is 3. The highest BCUT2D eigenvalue weighted by atomic mass is 35.5. The first kappa shape index (κ1) is 34.0. The van der Waals surface area contributed by atoms with Gasteiger partial charge in [0, 0.05) is 48.0 Å². The van der Waals surface area contributed by atoms with E-state index in [1.807, 2.05) is 0 Å². The summed E-state index contributed by atoms with van der Waals surface area (Å²) in [5.74, 6) is -0.00666. The zero-order valence-electron chi connectivity index (χ0n) is 25.5. The number of carbonyl (C=O) groups excluding carboxylic acids is 2. The van der Waals surface area contributed by atoms with E-state index in [1.54, 1.807) is 60.7 Å². The van der Waals surface area contributed by atoms with Crippen LogP contribution in [-0.4, -0.2) is 62.7 Å². The number of halogens is 1. The van der Waals surface area contributed by atoms with Gasteiger partial charge in [-0.15, -0.1) is 0 Å². The molecule has 0 atom stereocenters. The maximum absolute atomic E-state index is 13.6. The summed E-state index contributed by atoms with van der Waals surface area (Å²) in [6.07, 6.45) is -1.33. The van der Waals surface area contributed by atoms with E-state index in [2.05, 4.69) is 27.0 Å². The third kappa shape index (κ3) is 8.66. The van der Waals surface area contributed by atoms with Crippen LogP contribution in [0.25, 0.3) is 22.4 Å². The Bertz CT molecular complexity index is 1840. The number of methoxy groups -OCH3 is 3. The Morgan fingerprint density at radius 3 is 2.45 bits per heavy atom. The summed E-state index contributed by atoms with van der Waals surface area (Å²) in [6, 6.07) is 20.1.